The molecule has 0 saturated heterocycles. The fourth-order valence-corrected chi connectivity index (χ4v) is 2.90. The molecule has 0 aromatic heterocycles. The Labute approximate surface area is 160 Å². The smallest absolute Gasteiger partial charge is 0.346 e. The Balaban J connectivity index is 1.86. The lowest BCUT2D eigenvalue weighted by Gasteiger charge is -2.09. The van der Waals surface area contributed by atoms with Gasteiger partial charge >= 0.3 is 5.97 Å². The summed E-state index contributed by atoms with van der Waals surface area (Å²) in [4.78, 5) is 12.3. The highest BCUT2D eigenvalue weighted by Gasteiger charge is 2.17. The third kappa shape index (κ3) is 3.84. The number of nitriles is 1. The molecule has 3 aromatic rings. The lowest BCUT2D eigenvalue weighted by molar-refractivity contribution is 0.0730. The van der Waals surface area contributed by atoms with E-state index in [1.807, 2.05) is 6.92 Å². The van der Waals surface area contributed by atoms with E-state index in [1.165, 1.54) is 36.4 Å². The van der Waals surface area contributed by atoms with Crippen LogP contribution in [0, 0.1) is 28.8 Å². The number of carbonyl (C=O) groups excluding carboxylic acids is 1. The molecule has 6 heteroatoms. The molecule has 0 radical (unpaired) electrons. The lowest BCUT2D eigenvalue weighted by Crippen LogP contribution is -2.11. The number of benzene rings is 3. The van der Waals surface area contributed by atoms with Crippen molar-refractivity contribution >= 4 is 16.7 Å². The molecule has 0 atom stereocenters. The first-order valence-electron chi connectivity index (χ1n) is 8.77. The van der Waals surface area contributed by atoms with Gasteiger partial charge in [-0.25, -0.2) is 18.0 Å². The Kier molecular flexibility index (Phi) is 5.65. The summed E-state index contributed by atoms with van der Waals surface area (Å²) >= 11 is 0. The summed E-state index contributed by atoms with van der Waals surface area (Å²) in [7, 11) is 0. The van der Waals surface area contributed by atoms with Gasteiger partial charge < -0.3 is 4.74 Å². The highest BCUT2D eigenvalue weighted by Crippen LogP contribution is 2.28. The minimum Gasteiger partial charge on any atom is -0.423 e. The Morgan fingerprint density at radius 2 is 1.86 bits per heavy atom. The maximum absolute atomic E-state index is 14.2. The summed E-state index contributed by atoms with van der Waals surface area (Å²) in [5.41, 5.74) is -0.110. The number of nitrogens with zero attached hydrogens (tertiary/aromatic N) is 1. The van der Waals surface area contributed by atoms with Crippen LogP contribution in [0.3, 0.4) is 0 Å². The fourth-order valence-electron chi connectivity index (χ4n) is 2.90. The average molecular weight is 383 g/mol. The molecule has 0 heterocycles. The van der Waals surface area contributed by atoms with E-state index < -0.39 is 29.0 Å². The van der Waals surface area contributed by atoms with Gasteiger partial charge in [-0.15, -0.1) is 0 Å². The van der Waals surface area contributed by atoms with Crippen molar-refractivity contribution in [2.45, 2.75) is 26.2 Å². The standard InChI is InChI=1S/C22H16F3NO2/c1-2-3-4-13-5-7-17(19(23)9-13)22(27)28-15-6-8-16-14(10-15)11-20(24)18(12-26)21(16)25/h5-11H,2-4H2,1H3. The molecular weight excluding hydrogens is 367 g/mol. The van der Waals surface area contributed by atoms with Crippen LogP contribution in [0.25, 0.3) is 10.8 Å². The van der Waals surface area contributed by atoms with Crippen LogP contribution in [0.2, 0.25) is 0 Å². The predicted molar refractivity (Wildman–Crippen MR) is 98.5 cm³/mol. The molecule has 3 rings (SSSR count). The maximum Gasteiger partial charge on any atom is 0.346 e. The van der Waals surface area contributed by atoms with Crippen LogP contribution in [0.5, 0.6) is 5.75 Å². The molecule has 3 aromatic carbocycles. The Morgan fingerprint density at radius 3 is 2.54 bits per heavy atom. The van der Waals surface area contributed by atoms with Crippen molar-refractivity contribution in [2.24, 2.45) is 0 Å². The number of halogens is 3. The third-order valence-electron chi connectivity index (χ3n) is 4.39. The third-order valence-corrected chi connectivity index (χ3v) is 4.39. The molecule has 0 fully saturated rings. The Morgan fingerprint density at radius 1 is 1.07 bits per heavy atom. The first kappa shape index (κ1) is 19.4. The van der Waals surface area contributed by atoms with Crippen LogP contribution in [-0.4, -0.2) is 5.97 Å². The van der Waals surface area contributed by atoms with Gasteiger partial charge in [-0.2, -0.15) is 5.26 Å². The van der Waals surface area contributed by atoms with Gasteiger partial charge in [0.1, 0.15) is 29.0 Å². The molecule has 0 aliphatic heterocycles. The van der Waals surface area contributed by atoms with Crippen LogP contribution >= 0.6 is 0 Å². The van der Waals surface area contributed by atoms with Crippen molar-refractivity contribution in [3.8, 4) is 11.8 Å². The van der Waals surface area contributed by atoms with Gasteiger partial charge in [-0.3, -0.25) is 0 Å². The highest BCUT2D eigenvalue weighted by atomic mass is 19.1. The molecule has 142 valence electrons. The van der Waals surface area contributed by atoms with Gasteiger partial charge in [-0.05, 0) is 60.2 Å². The zero-order valence-electron chi connectivity index (χ0n) is 15.1. The van der Waals surface area contributed by atoms with Gasteiger partial charge in [0.2, 0.25) is 0 Å². The fraction of sp³-hybridized carbons (Fsp3) is 0.182. The maximum atomic E-state index is 14.2. The second kappa shape index (κ2) is 8.13. The molecular formula is C22H16F3NO2. The molecule has 0 amide bonds. The molecule has 0 spiro atoms. The van der Waals surface area contributed by atoms with Crippen molar-refractivity contribution in [3.63, 3.8) is 0 Å². The van der Waals surface area contributed by atoms with Gasteiger partial charge in [0.05, 0.1) is 5.56 Å². The average Bonchev–Trinajstić information content (AvgIpc) is 2.66. The minimum atomic E-state index is -1.01. The largest absolute Gasteiger partial charge is 0.423 e. The quantitative estimate of drug-likeness (QED) is 0.420. The van der Waals surface area contributed by atoms with E-state index in [0.29, 0.717) is 0 Å². The monoisotopic (exact) mass is 383 g/mol. The Hall–Kier alpha value is -3.33. The summed E-state index contributed by atoms with van der Waals surface area (Å²) in [6.07, 6.45) is 2.61. The van der Waals surface area contributed by atoms with E-state index in [0.717, 1.165) is 30.9 Å². The predicted octanol–water partition coefficient (Wildman–Crippen LogP) is 5.69. The number of fused-ring (bicyclic) bond motifs is 1. The van der Waals surface area contributed by atoms with Crippen LogP contribution in [0.1, 0.15) is 41.3 Å². The normalized spacial score (nSPS) is 10.7. The van der Waals surface area contributed by atoms with E-state index in [-0.39, 0.29) is 22.1 Å². The highest BCUT2D eigenvalue weighted by molar-refractivity contribution is 5.92. The molecule has 0 bridgehead atoms. The zero-order valence-corrected chi connectivity index (χ0v) is 15.1. The van der Waals surface area contributed by atoms with Gasteiger partial charge in [-0.1, -0.05) is 19.4 Å². The number of hydrogen-bond acceptors (Lipinski definition) is 3. The summed E-state index contributed by atoms with van der Waals surface area (Å²) in [5, 5.41) is 8.95. The molecule has 0 aliphatic carbocycles. The lowest BCUT2D eigenvalue weighted by atomic mass is 10.1. The number of rotatable bonds is 5. The summed E-state index contributed by atoms with van der Waals surface area (Å²) in [5.74, 6) is -3.58. The number of hydrogen-bond donors (Lipinski definition) is 0. The van der Waals surface area contributed by atoms with Crippen molar-refractivity contribution in [1.82, 2.24) is 0 Å². The summed E-state index contributed by atoms with van der Waals surface area (Å²) in [6, 6.07) is 10.6. The first-order valence-corrected chi connectivity index (χ1v) is 8.77. The second-order valence-corrected chi connectivity index (χ2v) is 6.35. The van der Waals surface area contributed by atoms with Gasteiger partial charge in [0.25, 0.3) is 0 Å². The van der Waals surface area contributed by atoms with Gasteiger partial charge in [0.15, 0.2) is 5.82 Å². The summed E-state index contributed by atoms with van der Waals surface area (Å²) in [6.45, 7) is 2.03. The molecule has 0 aliphatic rings. The Bertz CT molecular complexity index is 1100. The SMILES string of the molecule is CCCCc1ccc(C(=O)Oc2ccc3c(F)c(C#N)c(F)cc3c2)c(F)c1. The van der Waals surface area contributed by atoms with E-state index in [9.17, 15) is 18.0 Å². The van der Waals surface area contributed by atoms with Crippen molar-refractivity contribution in [2.75, 3.05) is 0 Å². The van der Waals surface area contributed by atoms with E-state index >= 15 is 0 Å². The van der Waals surface area contributed by atoms with Crippen LogP contribution < -0.4 is 4.74 Å². The molecule has 0 N–H and O–H groups in total. The molecule has 0 unspecified atom stereocenters. The number of esters is 1. The van der Waals surface area contributed by atoms with Crippen LogP contribution in [0.15, 0.2) is 42.5 Å². The zero-order chi connectivity index (χ0) is 20.3. The minimum absolute atomic E-state index is 0.00969. The summed E-state index contributed by atoms with van der Waals surface area (Å²) < 4.78 is 47.3. The van der Waals surface area contributed by atoms with E-state index in [1.54, 1.807) is 6.07 Å². The number of unbranched alkanes of at least 4 members (excludes halogenated alkanes) is 1. The van der Waals surface area contributed by atoms with E-state index in [2.05, 4.69) is 0 Å². The number of aryl methyl sites for hydroxylation is 1. The second-order valence-electron chi connectivity index (χ2n) is 6.35. The molecule has 28 heavy (non-hydrogen) atoms. The van der Waals surface area contributed by atoms with Crippen LogP contribution in [-0.2, 0) is 6.42 Å². The molecule has 0 saturated carbocycles. The van der Waals surface area contributed by atoms with Crippen molar-refractivity contribution in [1.29, 1.82) is 5.26 Å². The van der Waals surface area contributed by atoms with E-state index in [4.69, 9.17) is 10.00 Å². The van der Waals surface area contributed by atoms with Crippen LogP contribution in [0.4, 0.5) is 13.2 Å². The number of ether oxygens (including phenoxy) is 1. The first-order chi connectivity index (χ1) is 13.4. The topological polar surface area (TPSA) is 50.1 Å². The van der Waals surface area contributed by atoms with Gasteiger partial charge in [0, 0.05) is 5.39 Å². The van der Waals surface area contributed by atoms with Crippen molar-refractivity contribution < 1.29 is 22.7 Å². The van der Waals surface area contributed by atoms with Crippen molar-refractivity contribution in [3.05, 3.63) is 76.6 Å². The molecule has 3 nitrogen and oxygen atoms in total. The number of carbonyl (C=O) groups is 1.